The molecule has 1 aliphatic carbocycles. The van der Waals surface area contributed by atoms with Crippen LogP contribution in [0, 0.1) is 11.8 Å². The molecule has 1 aliphatic rings. The van der Waals surface area contributed by atoms with E-state index in [4.69, 9.17) is 4.74 Å². The number of hydrogen-bond acceptors (Lipinski definition) is 2. The lowest BCUT2D eigenvalue weighted by atomic mass is 9.91. The number of ketones is 1. The highest BCUT2D eigenvalue weighted by Crippen LogP contribution is 2.25. The van der Waals surface area contributed by atoms with Crippen LogP contribution >= 0.6 is 0 Å². The maximum atomic E-state index is 11.6. The first-order valence-electron chi connectivity index (χ1n) is 5.50. The van der Waals surface area contributed by atoms with Gasteiger partial charge in [0.2, 0.25) is 0 Å². The molecule has 0 saturated heterocycles. The van der Waals surface area contributed by atoms with Crippen LogP contribution in [0.2, 0.25) is 0 Å². The number of ether oxygens (including phenoxy) is 1. The molecule has 0 amide bonds. The van der Waals surface area contributed by atoms with Crippen LogP contribution in [-0.4, -0.2) is 12.4 Å². The van der Waals surface area contributed by atoms with E-state index in [9.17, 15) is 4.79 Å². The van der Waals surface area contributed by atoms with Gasteiger partial charge >= 0.3 is 0 Å². The summed E-state index contributed by atoms with van der Waals surface area (Å²) in [7, 11) is 0. The summed E-state index contributed by atoms with van der Waals surface area (Å²) in [5.74, 6) is 6.68. The van der Waals surface area contributed by atoms with Crippen LogP contribution in [0.1, 0.15) is 35.7 Å². The smallest absolute Gasteiger partial charge is 0.163 e. The third kappa shape index (κ3) is 2.25. The van der Waals surface area contributed by atoms with E-state index < -0.39 is 0 Å². The number of carbonyl (C=O) groups excluding carboxylic acids is 1. The molecule has 0 unspecified atom stereocenters. The van der Waals surface area contributed by atoms with Gasteiger partial charge in [-0.2, -0.15) is 0 Å². The minimum absolute atomic E-state index is 0.251. The molecule has 2 rings (SSSR count). The molecule has 82 valence electrons. The second-order valence-corrected chi connectivity index (χ2v) is 3.81. The van der Waals surface area contributed by atoms with Crippen molar-refractivity contribution in [1.29, 1.82) is 0 Å². The summed E-state index contributed by atoms with van der Waals surface area (Å²) in [5, 5.41) is 0. The average molecular weight is 214 g/mol. The fourth-order valence-electron chi connectivity index (χ4n) is 1.90. The van der Waals surface area contributed by atoms with Gasteiger partial charge in [0.1, 0.15) is 12.4 Å². The quantitative estimate of drug-likeness (QED) is 0.707. The maximum Gasteiger partial charge on any atom is 0.163 e. The highest BCUT2D eigenvalue weighted by molar-refractivity contribution is 5.98. The Kier molecular flexibility index (Phi) is 3.26. The zero-order valence-corrected chi connectivity index (χ0v) is 9.38. The zero-order valence-electron chi connectivity index (χ0n) is 9.38. The van der Waals surface area contributed by atoms with Crippen LogP contribution in [0.25, 0.3) is 0 Å². The van der Waals surface area contributed by atoms with E-state index in [2.05, 4.69) is 11.8 Å². The Hall–Kier alpha value is -1.75. The predicted octanol–water partition coefficient (Wildman–Crippen LogP) is 2.61. The van der Waals surface area contributed by atoms with Gasteiger partial charge in [0.05, 0.1) is 0 Å². The van der Waals surface area contributed by atoms with Crippen molar-refractivity contribution < 1.29 is 9.53 Å². The number of hydrogen-bond donors (Lipinski definition) is 0. The van der Waals surface area contributed by atoms with Gasteiger partial charge in [0, 0.05) is 12.0 Å². The molecule has 0 N–H and O–H groups in total. The molecular formula is C14H14O2. The molecule has 0 fully saturated rings. The molecule has 0 atom stereocenters. The minimum atomic E-state index is 0.251. The lowest BCUT2D eigenvalue weighted by molar-refractivity contribution is 0.0972. The highest BCUT2D eigenvalue weighted by atomic mass is 16.5. The second-order valence-electron chi connectivity index (χ2n) is 3.81. The Bertz CT molecular complexity index is 463. The van der Waals surface area contributed by atoms with Gasteiger partial charge in [-0.15, -0.1) is 5.92 Å². The lowest BCUT2D eigenvalue weighted by Gasteiger charge is -2.15. The molecule has 1 aromatic rings. The molecule has 0 radical (unpaired) electrons. The van der Waals surface area contributed by atoms with Crippen molar-refractivity contribution in [3.05, 3.63) is 29.3 Å². The van der Waals surface area contributed by atoms with Gasteiger partial charge in [0.15, 0.2) is 5.78 Å². The summed E-state index contributed by atoms with van der Waals surface area (Å²) in [6.45, 7) is 2.19. The monoisotopic (exact) mass is 214 g/mol. The van der Waals surface area contributed by atoms with Crippen molar-refractivity contribution in [3.63, 3.8) is 0 Å². The first kappa shape index (κ1) is 10.8. The van der Waals surface area contributed by atoms with E-state index in [0.717, 1.165) is 29.7 Å². The third-order valence-corrected chi connectivity index (χ3v) is 2.71. The van der Waals surface area contributed by atoms with Crippen molar-refractivity contribution in [1.82, 2.24) is 0 Å². The Morgan fingerprint density at radius 2 is 2.25 bits per heavy atom. The topological polar surface area (TPSA) is 26.3 Å². The Morgan fingerprint density at radius 1 is 1.38 bits per heavy atom. The number of benzene rings is 1. The van der Waals surface area contributed by atoms with Crippen molar-refractivity contribution in [2.75, 3.05) is 6.61 Å². The van der Waals surface area contributed by atoms with Crippen molar-refractivity contribution in [2.45, 2.75) is 26.2 Å². The van der Waals surface area contributed by atoms with Crippen molar-refractivity contribution in [2.24, 2.45) is 0 Å². The van der Waals surface area contributed by atoms with E-state index in [1.807, 2.05) is 18.2 Å². The largest absolute Gasteiger partial charge is 0.481 e. The minimum Gasteiger partial charge on any atom is -0.481 e. The van der Waals surface area contributed by atoms with Gasteiger partial charge in [0.25, 0.3) is 0 Å². The van der Waals surface area contributed by atoms with Crippen molar-refractivity contribution >= 4 is 5.78 Å². The molecule has 2 heteroatoms. The first-order chi connectivity index (χ1) is 7.81. The SMILES string of the molecule is CC#CCOc1ccc2c(c1)CCCC2=O. The van der Waals surface area contributed by atoms with Crippen LogP contribution in [0.3, 0.4) is 0 Å². The summed E-state index contributed by atoms with van der Waals surface area (Å²) in [4.78, 5) is 11.6. The Morgan fingerprint density at radius 3 is 3.06 bits per heavy atom. The molecule has 16 heavy (non-hydrogen) atoms. The van der Waals surface area contributed by atoms with E-state index in [-0.39, 0.29) is 5.78 Å². The summed E-state index contributed by atoms with van der Waals surface area (Å²) in [6.07, 6.45) is 2.59. The number of carbonyl (C=O) groups is 1. The van der Waals surface area contributed by atoms with Crippen LogP contribution in [0.5, 0.6) is 5.75 Å². The molecule has 0 aromatic heterocycles. The van der Waals surface area contributed by atoms with Gasteiger partial charge in [-0.3, -0.25) is 4.79 Å². The van der Waals surface area contributed by atoms with E-state index >= 15 is 0 Å². The second kappa shape index (κ2) is 4.85. The maximum absolute atomic E-state index is 11.6. The molecule has 0 aliphatic heterocycles. The summed E-state index contributed by atoms with van der Waals surface area (Å²) in [6, 6.07) is 5.68. The summed E-state index contributed by atoms with van der Waals surface area (Å²) >= 11 is 0. The van der Waals surface area contributed by atoms with Gasteiger partial charge in [-0.25, -0.2) is 0 Å². The molecule has 0 saturated carbocycles. The van der Waals surface area contributed by atoms with Gasteiger partial charge in [-0.05, 0) is 43.5 Å². The summed E-state index contributed by atoms with van der Waals surface area (Å²) < 4.78 is 5.46. The molecule has 0 bridgehead atoms. The van der Waals surface area contributed by atoms with Crippen LogP contribution in [0.15, 0.2) is 18.2 Å². The molecule has 0 heterocycles. The fraction of sp³-hybridized carbons (Fsp3) is 0.357. The number of rotatable bonds is 2. The Labute approximate surface area is 95.6 Å². The zero-order chi connectivity index (χ0) is 11.4. The van der Waals surface area contributed by atoms with Crippen LogP contribution < -0.4 is 4.74 Å². The lowest BCUT2D eigenvalue weighted by Crippen LogP contribution is -2.10. The van der Waals surface area contributed by atoms with Gasteiger partial charge in [-0.1, -0.05) is 5.92 Å². The number of Topliss-reactive ketones (excluding diaryl/α,β-unsaturated/α-hetero) is 1. The third-order valence-electron chi connectivity index (χ3n) is 2.71. The molecular weight excluding hydrogens is 200 g/mol. The standard InChI is InChI=1S/C14H14O2/c1-2-3-9-16-12-7-8-13-11(10-12)5-4-6-14(13)15/h7-8,10H,4-6,9H2,1H3. The summed E-state index contributed by atoms with van der Waals surface area (Å²) in [5.41, 5.74) is 1.97. The molecule has 2 nitrogen and oxygen atoms in total. The number of fused-ring (bicyclic) bond motifs is 1. The van der Waals surface area contributed by atoms with E-state index in [1.165, 1.54) is 0 Å². The number of aryl methyl sites for hydroxylation is 1. The predicted molar refractivity (Wildman–Crippen MR) is 62.7 cm³/mol. The normalized spacial score (nSPS) is 13.7. The van der Waals surface area contributed by atoms with Crippen LogP contribution in [-0.2, 0) is 6.42 Å². The molecule has 0 spiro atoms. The van der Waals surface area contributed by atoms with Crippen LogP contribution in [0.4, 0.5) is 0 Å². The van der Waals surface area contributed by atoms with Crippen molar-refractivity contribution in [3.8, 4) is 17.6 Å². The highest BCUT2D eigenvalue weighted by Gasteiger charge is 2.17. The van der Waals surface area contributed by atoms with Gasteiger partial charge < -0.3 is 4.74 Å². The average Bonchev–Trinajstić information content (AvgIpc) is 2.30. The Balaban J connectivity index is 2.17. The first-order valence-corrected chi connectivity index (χ1v) is 5.50. The van der Waals surface area contributed by atoms with E-state index in [0.29, 0.717) is 13.0 Å². The fourth-order valence-corrected chi connectivity index (χ4v) is 1.90. The molecule has 1 aromatic carbocycles. The van der Waals surface area contributed by atoms with E-state index in [1.54, 1.807) is 6.92 Å².